The molecule has 0 unspecified atom stereocenters. The van der Waals surface area contributed by atoms with Gasteiger partial charge in [0.15, 0.2) is 0 Å². The number of halogens is 3. The molecule has 0 aliphatic heterocycles. The van der Waals surface area contributed by atoms with Crippen LogP contribution in [0, 0.1) is 0 Å². The Balaban J connectivity index is -0.000000963. The first-order valence-electron chi connectivity index (χ1n) is 7.10. The van der Waals surface area contributed by atoms with Gasteiger partial charge in [0, 0.05) is 0 Å². The van der Waals surface area contributed by atoms with Gasteiger partial charge < -0.3 is 37.2 Å². The summed E-state index contributed by atoms with van der Waals surface area (Å²) < 4.78 is 1.81. The molecule has 0 fully saturated rings. The molecule has 0 atom stereocenters. The zero-order valence-corrected chi connectivity index (χ0v) is 17.6. The first kappa shape index (κ1) is 25.9. The average molecular weight is 379 g/mol. The fourth-order valence-corrected chi connectivity index (χ4v) is 6.44. The van der Waals surface area contributed by atoms with Gasteiger partial charge in [-0.05, 0) is 0 Å². The van der Waals surface area contributed by atoms with Crippen molar-refractivity contribution in [3.63, 3.8) is 0 Å². The standard InChI is InChI=1S/C11H18N.4CH3.3ClH.Ti/c1-3-12(4-2)10-9-11-7-5-6-8-11;;;;;;;;/h5,7H,3-4,6,9-10H2,1-2H3;4*1H3;3*1H;/q;;;;;;;;+3/p-3. The minimum atomic E-state index is -2.23. The normalized spacial score (nSPS) is 13.6. The molecule has 0 aromatic rings. The van der Waals surface area contributed by atoms with Crippen LogP contribution in [-0.2, 0) is 15.3 Å². The SMILES string of the molecule is CCN(CC)CCC1=[C]([Ti+3]([CH3])([CH3])([CH3])[CH3])CC=C1.[Cl-].[Cl-].[Cl-]. The smallest absolute Gasteiger partial charge is 1.00 e. The van der Waals surface area contributed by atoms with Gasteiger partial charge >= 0.3 is 109 Å². The van der Waals surface area contributed by atoms with E-state index in [9.17, 15) is 0 Å². The Morgan fingerprint density at radius 3 is 1.90 bits per heavy atom. The van der Waals surface area contributed by atoms with Crippen molar-refractivity contribution in [3.05, 3.63) is 21.6 Å². The second-order valence-electron chi connectivity index (χ2n) is 7.39. The number of allylic oxidation sites excluding steroid dienone is 3. The number of nitrogens with zero attached hydrogens (tertiary/aromatic N) is 1. The summed E-state index contributed by atoms with van der Waals surface area (Å²) in [7, 11) is 0. The Labute approximate surface area is 145 Å². The third kappa shape index (κ3) is 7.87. The molecule has 0 saturated carbocycles. The van der Waals surface area contributed by atoms with Crippen molar-refractivity contribution in [2.45, 2.75) is 47.6 Å². The molecule has 120 valence electrons. The monoisotopic (exact) mass is 377 g/mol. The molecule has 0 radical (unpaired) electrons. The van der Waals surface area contributed by atoms with Gasteiger partial charge in [-0.1, -0.05) is 0 Å². The van der Waals surface area contributed by atoms with E-state index in [1.807, 2.05) is 3.88 Å². The number of hydrogen-bond acceptors (Lipinski definition) is 1. The summed E-state index contributed by atoms with van der Waals surface area (Å²) in [5.41, 5.74) is 1.66. The molecule has 0 amide bonds. The van der Waals surface area contributed by atoms with Crippen LogP contribution in [0.15, 0.2) is 21.6 Å². The molecular weight excluding hydrogens is 348 g/mol. The van der Waals surface area contributed by atoms with E-state index in [-0.39, 0.29) is 37.2 Å². The molecule has 0 spiro atoms. The van der Waals surface area contributed by atoms with Crippen LogP contribution in [0.5, 0.6) is 0 Å². The summed E-state index contributed by atoms with van der Waals surface area (Å²) in [6.07, 6.45) is 7.23. The minimum Gasteiger partial charge on any atom is -1.00 e. The van der Waals surface area contributed by atoms with E-state index in [0.29, 0.717) is 0 Å². The first-order chi connectivity index (χ1) is 7.74. The number of rotatable bonds is 6. The van der Waals surface area contributed by atoms with E-state index >= 15 is 0 Å². The van der Waals surface area contributed by atoms with Crippen LogP contribution in [0.4, 0.5) is 0 Å². The molecule has 20 heavy (non-hydrogen) atoms. The fraction of sp³-hybridized carbons (Fsp3) is 0.733. The summed E-state index contributed by atoms with van der Waals surface area (Å²) in [5, 5.41) is 10.2. The Morgan fingerprint density at radius 2 is 1.50 bits per heavy atom. The Kier molecular flexibility index (Phi) is 12.9. The van der Waals surface area contributed by atoms with Gasteiger partial charge in [-0.3, -0.25) is 0 Å². The molecule has 0 N–H and O–H groups in total. The predicted octanol–water partition coefficient (Wildman–Crippen LogP) is -4.17. The average Bonchev–Trinajstić information content (AvgIpc) is 2.66. The summed E-state index contributed by atoms with van der Waals surface area (Å²) in [6, 6.07) is 0. The van der Waals surface area contributed by atoms with Gasteiger partial charge in [-0.2, -0.15) is 0 Å². The van der Waals surface area contributed by atoms with E-state index in [4.69, 9.17) is 0 Å². The number of hydrogen-bond donors (Lipinski definition) is 0. The van der Waals surface area contributed by atoms with Crippen LogP contribution in [0.2, 0.25) is 20.9 Å². The van der Waals surface area contributed by atoms with Crippen LogP contribution in [0.3, 0.4) is 0 Å². The third-order valence-corrected chi connectivity index (χ3v) is 8.42. The van der Waals surface area contributed by atoms with Gasteiger partial charge in [0.25, 0.3) is 0 Å². The molecule has 1 aliphatic carbocycles. The molecule has 0 bridgehead atoms. The largest absolute Gasteiger partial charge is 1.00 e. The second-order valence-corrected chi connectivity index (χ2v) is 20.8. The van der Waals surface area contributed by atoms with Crippen LogP contribution < -0.4 is 37.2 Å². The van der Waals surface area contributed by atoms with Gasteiger partial charge in [0.05, 0.1) is 0 Å². The van der Waals surface area contributed by atoms with Crippen molar-refractivity contribution in [2.75, 3.05) is 19.6 Å². The van der Waals surface area contributed by atoms with Crippen LogP contribution >= 0.6 is 0 Å². The van der Waals surface area contributed by atoms with Crippen LogP contribution in [0.25, 0.3) is 0 Å². The third-order valence-electron chi connectivity index (χ3n) is 3.83. The molecule has 5 heteroatoms. The van der Waals surface area contributed by atoms with Gasteiger partial charge in [-0.15, -0.1) is 0 Å². The van der Waals surface area contributed by atoms with E-state index in [1.165, 1.54) is 32.5 Å². The summed E-state index contributed by atoms with van der Waals surface area (Å²) in [6.45, 7) is 8.08. The molecule has 0 saturated heterocycles. The molecular formula is C15H30Cl3NTi. The first-order valence-corrected chi connectivity index (χ1v) is 14.1. The summed E-state index contributed by atoms with van der Waals surface area (Å²) in [5.74, 6) is 0. The summed E-state index contributed by atoms with van der Waals surface area (Å²) in [4.78, 5) is 2.52. The maximum Gasteiger partial charge on any atom is -1.00 e. The van der Waals surface area contributed by atoms with Crippen LogP contribution in [0.1, 0.15) is 26.7 Å². The molecule has 1 rings (SSSR count). The van der Waals surface area contributed by atoms with Gasteiger partial charge in [0.1, 0.15) is 0 Å². The van der Waals surface area contributed by atoms with Crippen molar-refractivity contribution < 1.29 is 52.5 Å². The van der Waals surface area contributed by atoms with Crippen molar-refractivity contribution in [3.8, 4) is 0 Å². The van der Waals surface area contributed by atoms with Crippen molar-refractivity contribution in [1.82, 2.24) is 4.90 Å². The Hall–Kier alpha value is 1.02. The predicted molar refractivity (Wildman–Crippen MR) is 76.6 cm³/mol. The van der Waals surface area contributed by atoms with E-state index < -0.39 is 15.3 Å². The van der Waals surface area contributed by atoms with Crippen molar-refractivity contribution >= 4 is 0 Å². The summed E-state index contributed by atoms with van der Waals surface area (Å²) >= 11 is -2.23. The Morgan fingerprint density at radius 1 is 1.00 bits per heavy atom. The zero-order valence-electron chi connectivity index (χ0n) is 13.8. The maximum absolute atomic E-state index is 2.54. The van der Waals surface area contributed by atoms with Crippen molar-refractivity contribution in [2.24, 2.45) is 0 Å². The second kappa shape index (κ2) is 9.92. The van der Waals surface area contributed by atoms with E-state index in [0.717, 1.165) is 0 Å². The zero-order chi connectivity index (χ0) is 13.1. The molecule has 1 nitrogen and oxygen atoms in total. The molecule has 1 aliphatic rings. The topological polar surface area (TPSA) is 3.24 Å². The molecule has 0 aromatic heterocycles. The van der Waals surface area contributed by atoms with Crippen LogP contribution in [-0.4, -0.2) is 24.5 Å². The maximum atomic E-state index is 2.54. The van der Waals surface area contributed by atoms with Crippen molar-refractivity contribution in [1.29, 1.82) is 0 Å². The fourth-order valence-electron chi connectivity index (χ4n) is 2.65. The van der Waals surface area contributed by atoms with Gasteiger partial charge in [-0.25, -0.2) is 0 Å². The van der Waals surface area contributed by atoms with E-state index in [2.05, 4.69) is 51.8 Å². The van der Waals surface area contributed by atoms with Gasteiger partial charge in [0.2, 0.25) is 0 Å². The molecule has 0 aromatic carbocycles. The molecule has 0 heterocycles. The Bertz CT molecular complexity index is 330. The minimum absolute atomic E-state index is 0. The van der Waals surface area contributed by atoms with E-state index in [1.54, 1.807) is 5.57 Å². The quantitative estimate of drug-likeness (QED) is 0.424.